The molecular formula is C26H23F17O5S2. The minimum absolute atomic E-state index is 0.210. The molecule has 0 spiro atoms. The number of benzene rings is 2. The molecule has 3 rings (SSSR count). The van der Waals surface area contributed by atoms with Crippen LogP contribution in [0.1, 0.15) is 26.7 Å². The highest BCUT2D eigenvalue weighted by Crippen LogP contribution is 2.64. The smallest absolute Gasteiger partial charge is 0.460 e. The molecule has 2 aromatic rings. The Hall–Kier alpha value is -2.47. The zero-order chi connectivity index (χ0) is 39.2. The lowest BCUT2D eigenvalue weighted by molar-refractivity contribution is -0.458. The van der Waals surface area contributed by atoms with Crippen LogP contribution >= 0.6 is 0 Å². The lowest BCUT2D eigenvalue weighted by Crippen LogP contribution is -2.75. The van der Waals surface area contributed by atoms with E-state index in [1.54, 1.807) is 0 Å². The van der Waals surface area contributed by atoms with Gasteiger partial charge in [-0.05, 0) is 44.9 Å². The molecule has 0 bridgehead atoms. The molecule has 1 saturated heterocycles. The second-order valence-electron chi connectivity index (χ2n) is 10.3. The lowest BCUT2D eigenvalue weighted by atomic mass is 9.91. The van der Waals surface area contributed by atoms with E-state index in [1.165, 1.54) is 40.0 Å². The number of hydrogen-bond acceptors (Lipinski definition) is 5. The molecule has 50 heavy (non-hydrogen) atoms. The molecule has 5 nitrogen and oxygen atoms in total. The SMILES string of the molecule is CCOC(C)Oc1ccc([S+]2CCCC2)c2ccccc12.O=S(=O)([O-])C(F)(F)C(F)(F)C(F)(F)C(F)(F)C(F)(F)C(F)(F)C(F)(F)C(F)(F)F. The molecule has 24 heteroatoms. The molecule has 1 heterocycles. The average molecular weight is 803 g/mol. The monoisotopic (exact) mass is 802 g/mol. The summed E-state index contributed by atoms with van der Waals surface area (Å²) in [6, 6.07) is 13.0. The summed E-state index contributed by atoms with van der Waals surface area (Å²) in [5.74, 6) is -48.5. The Morgan fingerprint density at radius 2 is 1.10 bits per heavy atom. The van der Waals surface area contributed by atoms with Crippen molar-refractivity contribution in [3.05, 3.63) is 36.4 Å². The van der Waals surface area contributed by atoms with E-state index in [9.17, 15) is 87.6 Å². The fourth-order valence-electron chi connectivity index (χ4n) is 4.23. The van der Waals surface area contributed by atoms with Crippen LogP contribution in [0.15, 0.2) is 41.3 Å². The van der Waals surface area contributed by atoms with Crippen LogP contribution in [0.4, 0.5) is 74.6 Å². The first-order chi connectivity index (χ1) is 22.3. The standard InChI is InChI=1S/C18H23O2S.C8HF17O3S/c1-3-19-14(2)20-17-10-11-18(21-12-6-7-13-21)16-9-5-4-8-15(16)17;9-1(10,3(13,14)5(17,18)7(21,22)23)2(11,12)4(15,16)6(19,20)8(24,25)29(26,27)28/h4-5,8-11,14H,3,6-7,12-13H2,1-2H3;(H,26,27,28)/q+1;/p-1. The minimum Gasteiger partial charge on any atom is -0.743 e. The number of halogens is 17. The lowest BCUT2D eigenvalue weighted by Gasteiger charge is -2.42. The first-order valence-corrected chi connectivity index (χ1v) is 16.4. The van der Waals surface area contributed by atoms with Gasteiger partial charge in [0.2, 0.25) is 0 Å². The summed E-state index contributed by atoms with van der Waals surface area (Å²) in [5, 5.41) is -5.39. The molecule has 0 saturated carbocycles. The highest BCUT2D eigenvalue weighted by molar-refractivity contribution is 7.97. The van der Waals surface area contributed by atoms with E-state index in [1.807, 2.05) is 13.8 Å². The average Bonchev–Trinajstić information content (AvgIpc) is 3.51. The van der Waals surface area contributed by atoms with E-state index in [0.717, 1.165) is 5.75 Å². The van der Waals surface area contributed by atoms with Crippen LogP contribution < -0.4 is 4.74 Å². The van der Waals surface area contributed by atoms with Crippen molar-refractivity contribution >= 4 is 31.8 Å². The third-order valence-corrected chi connectivity index (χ3v) is 10.3. The van der Waals surface area contributed by atoms with Crippen LogP contribution in [-0.4, -0.2) is 84.3 Å². The van der Waals surface area contributed by atoms with Crippen molar-refractivity contribution in [2.24, 2.45) is 0 Å². The predicted molar refractivity (Wildman–Crippen MR) is 141 cm³/mol. The van der Waals surface area contributed by atoms with Crippen LogP contribution in [-0.2, 0) is 25.7 Å². The number of hydrogen-bond donors (Lipinski definition) is 0. The van der Waals surface area contributed by atoms with Crippen molar-refractivity contribution in [3.63, 3.8) is 0 Å². The summed E-state index contributed by atoms with van der Waals surface area (Å²) in [7, 11) is -7.72. The van der Waals surface area contributed by atoms with Crippen molar-refractivity contribution < 1.29 is 97.1 Å². The zero-order valence-electron chi connectivity index (χ0n) is 24.9. The largest absolute Gasteiger partial charge is 0.743 e. The molecule has 0 aromatic heterocycles. The van der Waals surface area contributed by atoms with Crippen molar-refractivity contribution in [1.29, 1.82) is 0 Å². The van der Waals surface area contributed by atoms with Gasteiger partial charge in [-0.1, -0.05) is 18.2 Å². The maximum atomic E-state index is 13.0. The fourth-order valence-corrected chi connectivity index (χ4v) is 7.17. The normalized spacial score (nSPS) is 17.0. The maximum Gasteiger partial charge on any atom is 0.460 e. The first kappa shape index (κ1) is 43.7. The molecule has 0 amide bonds. The van der Waals surface area contributed by atoms with E-state index in [4.69, 9.17) is 9.47 Å². The molecule has 1 aliphatic heterocycles. The van der Waals surface area contributed by atoms with Crippen LogP contribution in [0.2, 0.25) is 0 Å². The van der Waals surface area contributed by atoms with Crippen molar-refractivity contribution in [2.45, 2.75) is 84.8 Å². The van der Waals surface area contributed by atoms with E-state index in [0.29, 0.717) is 17.5 Å². The molecule has 0 N–H and O–H groups in total. The third kappa shape index (κ3) is 7.26. The van der Waals surface area contributed by atoms with Gasteiger partial charge >= 0.3 is 47.0 Å². The highest BCUT2D eigenvalue weighted by atomic mass is 32.2. The molecule has 2 aromatic carbocycles. The zero-order valence-corrected chi connectivity index (χ0v) is 26.5. The van der Waals surface area contributed by atoms with Gasteiger partial charge in [0.1, 0.15) is 17.3 Å². The van der Waals surface area contributed by atoms with E-state index in [2.05, 4.69) is 36.4 Å². The van der Waals surface area contributed by atoms with E-state index >= 15 is 0 Å². The topological polar surface area (TPSA) is 75.7 Å². The Kier molecular flexibility index (Phi) is 12.4. The summed E-state index contributed by atoms with van der Waals surface area (Å²) < 4.78 is 256. The Bertz CT molecular complexity index is 1590. The van der Waals surface area contributed by atoms with Crippen LogP contribution in [0.5, 0.6) is 5.75 Å². The van der Waals surface area contributed by atoms with E-state index in [-0.39, 0.29) is 6.29 Å². The maximum absolute atomic E-state index is 13.0. The molecule has 0 aliphatic carbocycles. The van der Waals surface area contributed by atoms with Gasteiger partial charge in [0, 0.05) is 28.3 Å². The first-order valence-electron chi connectivity index (χ1n) is 13.4. The molecule has 1 unspecified atom stereocenters. The Balaban J connectivity index is 0.000000361. The molecule has 1 atom stereocenters. The van der Waals surface area contributed by atoms with Gasteiger partial charge in [-0.15, -0.1) is 0 Å². The van der Waals surface area contributed by atoms with Crippen LogP contribution in [0.3, 0.4) is 0 Å². The summed E-state index contributed by atoms with van der Waals surface area (Å²) in [4.78, 5) is 1.51. The molecule has 1 aliphatic rings. The van der Waals surface area contributed by atoms with E-state index < -0.39 is 57.1 Å². The number of fused-ring (bicyclic) bond motifs is 1. The Morgan fingerprint density at radius 1 is 0.680 bits per heavy atom. The van der Waals surface area contributed by atoms with Gasteiger partial charge in [-0.3, -0.25) is 0 Å². The summed E-state index contributed by atoms with van der Waals surface area (Å²) in [5.41, 5.74) is 0. The predicted octanol–water partition coefficient (Wildman–Crippen LogP) is 8.87. The Labute approximate surface area is 274 Å². The van der Waals surface area contributed by atoms with Crippen molar-refractivity contribution in [2.75, 3.05) is 18.1 Å². The van der Waals surface area contributed by atoms with Gasteiger partial charge in [0.15, 0.2) is 21.3 Å². The second-order valence-corrected chi connectivity index (χ2v) is 13.9. The highest BCUT2D eigenvalue weighted by Gasteiger charge is 2.95. The second kappa shape index (κ2) is 14.2. The number of alkyl halides is 17. The quantitative estimate of drug-likeness (QED) is 0.0929. The molecule has 288 valence electrons. The van der Waals surface area contributed by atoms with Crippen molar-refractivity contribution in [3.8, 4) is 5.75 Å². The van der Waals surface area contributed by atoms with Crippen LogP contribution in [0, 0.1) is 0 Å². The number of rotatable bonds is 12. The molecule has 1 fully saturated rings. The van der Waals surface area contributed by atoms with Gasteiger partial charge in [0.05, 0.1) is 0 Å². The Morgan fingerprint density at radius 3 is 1.52 bits per heavy atom. The number of ether oxygens (including phenoxy) is 2. The van der Waals surface area contributed by atoms with Gasteiger partial charge in [0.25, 0.3) is 0 Å². The summed E-state index contributed by atoms with van der Waals surface area (Å²) >= 11 is 0. The fraction of sp³-hybridized carbons (Fsp3) is 0.615. The van der Waals surface area contributed by atoms with Gasteiger partial charge < -0.3 is 14.0 Å². The summed E-state index contributed by atoms with van der Waals surface area (Å²) in [6.07, 6.45) is -5.36. The van der Waals surface area contributed by atoms with Crippen molar-refractivity contribution in [1.82, 2.24) is 0 Å². The van der Waals surface area contributed by atoms with Crippen LogP contribution in [0.25, 0.3) is 10.8 Å². The van der Waals surface area contributed by atoms with Gasteiger partial charge in [-0.25, -0.2) is 8.42 Å². The summed E-state index contributed by atoms with van der Waals surface area (Å²) in [6.45, 7) is 4.60. The minimum atomic E-state index is -8.92. The molecular weight excluding hydrogens is 779 g/mol. The molecule has 0 radical (unpaired) electrons. The van der Waals surface area contributed by atoms with Gasteiger partial charge in [-0.2, -0.15) is 74.6 Å². The third-order valence-electron chi connectivity index (χ3n) is 6.89.